The second-order valence-electron chi connectivity index (χ2n) is 6.17. The van der Waals surface area contributed by atoms with Gasteiger partial charge in [0.15, 0.2) is 0 Å². The summed E-state index contributed by atoms with van der Waals surface area (Å²) in [6.07, 6.45) is 4.25. The summed E-state index contributed by atoms with van der Waals surface area (Å²) in [4.78, 5) is 17.1. The van der Waals surface area contributed by atoms with Crippen LogP contribution in [0.2, 0.25) is 5.02 Å². The Kier molecular flexibility index (Phi) is 7.69. The van der Waals surface area contributed by atoms with Crippen LogP contribution in [-0.4, -0.2) is 24.0 Å². The van der Waals surface area contributed by atoms with Crippen molar-refractivity contribution in [2.75, 3.05) is 13.1 Å². The fraction of sp³-hybridized carbons (Fsp3) is 0.368. The zero-order valence-corrected chi connectivity index (χ0v) is 15.5. The highest BCUT2D eigenvalue weighted by Crippen LogP contribution is 2.20. The first-order valence-electron chi connectivity index (χ1n) is 8.39. The fourth-order valence-corrected chi connectivity index (χ4v) is 3.17. The molecule has 0 spiro atoms. The molecule has 2 N–H and O–H groups in total. The van der Waals surface area contributed by atoms with Crippen LogP contribution in [0.4, 0.5) is 0 Å². The minimum Gasteiger partial charge on any atom is -0.347 e. The van der Waals surface area contributed by atoms with Gasteiger partial charge in [0.05, 0.1) is 11.7 Å². The topological polar surface area (TPSA) is 54.0 Å². The summed E-state index contributed by atoms with van der Waals surface area (Å²) >= 11 is 5.96. The molecule has 1 aliphatic rings. The normalized spacial score (nSPS) is 15.9. The number of hydrogen-bond acceptors (Lipinski definition) is 3. The van der Waals surface area contributed by atoms with E-state index in [1.807, 2.05) is 42.5 Å². The van der Waals surface area contributed by atoms with E-state index in [1.54, 1.807) is 6.20 Å². The lowest BCUT2D eigenvalue weighted by Gasteiger charge is -2.25. The Morgan fingerprint density at radius 2 is 1.92 bits per heavy atom. The number of aromatic nitrogens is 1. The zero-order chi connectivity index (χ0) is 16.8. The summed E-state index contributed by atoms with van der Waals surface area (Å²) in [5.41, 5.74) is 2.01. The predicted octanol–water partition coefficient (Wildman–Crippen LogP) is 3.56. The number of hydrogen-bond donors (Lipinski definition) is 2. The Hall–Kier alpha value is -1.62. The lowest BCUT2D eigenvalue weighted by Crippen LogP contribution is -2.40. The average molecular weight is 380 g/mol. The first-order chi connectivity index (χ1) is 11.7. The van der Waals surface area contributed by atoms with Crippen LogP contribution in [0, 0.1) is 5.92 Å². The molecule has 0 saturated carbocycles. The van der Waals surface area contributed by atoms with Crippen molar-refractivity contribution in [3.05, 3.63) is 64.9 Å². The van der Waals surface area contributed by atoms with E-state index in [0.29, 0.717) is 11.4 Å². The molecule has 0 radical (unpaired) electrons. The molecule has 1 aliphatic heterocycles. The van der Waals surface area contributed by atoms with Crippen LogP contribution in [0.5, 0.6) is 0 Å². The van der Waals surface area contributed by atoms with Crippen LogP contribution < -0.4 is 10.6 Å². The van der Waals surface area contributed by atoms with Crippen molar-refractivity contribution in [3.8, 4) is 0 Å². The van der Waals surface area contributed by atoms with E-state index in [0.717, 1.165) is 37.2 Å². The van der Waals surface area contributed by atoms with Gasteiger partial charge >= 0.3 is 0 Å². The minimum absolute atomic E-state index is 0. The standard InChI is InChI=1S/C19H22ClN3O.ClH/c20-16-6-4-14(5-7-16)13-18(17-3-1-2-10-22-17)23-19(24)15-8-11-21-12-9-15;/h1-7,10,15,18,21H,8-9,11-13H2,(H,23,24);1H. The maximum absolute atomic E-state index is 12.6. The van der Waals surface area contributed by atoms with Gasteiger partial charge in [-0.3, -0.25) is 9.78 Å². The van der Waals surface area contributed by atoms with Gasteiger partial charge in [-0.05, 0) is 62.2 Å². The van der Waals surface area contributed by atoms with Gasteiger partial charge in [-0.2, -0.15) is 0 Å². The van der Waals surface area contributed by atoms with Crippen LogP contribution in [0.1, 0.15) is 30.1 Å². The number of halogens is 2. The lowest BCUT2D eigenvalue weighted by atomic mass is 9.95. The first-order valence-corrected chi connectivity index (χ1v) is 8.76. The average Bonchev–Trinajstić information content (AvgIpc) is 2.64. The molecular formula is C19H23Cl2N3O. The monoisotopic (exact) mass is 379 g/mol. The van der Waals surface area contributed by atoms with Crippen LogP contribution in [0.25, 0.3) is 0 Å². The molecule has 134 valence electrons. The number of nitrogens with zero attached hydrogens (tertiary/aromatic N) is 1. The Bertz CT molecular complexity index is 658. The van der Waals surface area contributed by atoms with Gasteiger partial charge in [0.2, 0.25) is 5.91 Å². The molecule has 1 amide bonds. The van der Waals surface area contributed by atoms with Gasteiger partial charge in [0.25, 0.3) is 0 Å². The molecule has 0 bridgehead atoms. The third kappa shape index (κ3) is 5.70. The smallest absolute Gasteiger partial charge is 0.223 e. The molecular weight excluding hydrogens is 357 g/mol. The number of nitrogens with one attached hydrogen (secondary N) is 2. The Morgan fingerprint density at radius 1 is 1.20 bits per heavy atom. The summed E-state index contributed by atoms with van der Waals surface area (Å²) in [6.45, 7) is 1.81. The summed E-state index contributed by atoms with van der Waals surface area (Å²) in [7, 11) is 0. The number of carbonyl (C=O) groups excluding carboxylic acids is 1. The molecule has 1 saturated heterocycles. The van der Waals surface area contributed by atoms with E-state index >= 15 is 0 Å². The molecule has 4 nitrogen and oxygen atoms in total. The predicted molar refractivity (Wildman–Crippen MR) is 103 cm³/mol. The number of pyridine rings is 1. The third-order valence-electron chi connectivity index (χ3n) is 4.42. The van der Waals surface area contributed by atoms with Crippen molar-refractivity contribution in [2.45, 2.75) is 25.3 Å². The van der Waals surface area contributed by atoms with Crippen LogP contribution in [0.3, 0.4) is 0 Å². The molecule has 3 rings (SSSR count). The highest BCUT2D eigenvalue weighted by atomic mass is 35.5. The molecule has 1 aromatic heterocycles. The van der Waals surface area contributed by atoms with Crippen LogP contribution in [0.15, 0.2) is 48.7 Å². The van der Waals surface area contributed by atoms with Gasteiger partial charge in [-0.15, -0.1) is 12.4 Å². The van der Waals surface area contributed by atoms with Crippen molar-refractivity contribution >= 4 is 29.9 Å². The summed E-state index contributed by atoms with van der Waals surface area (Å²) in [6, 6.07) is 13.4. The Balaban J connectivity index is 0.00000225. The van der Waals surface area contributed by atoms with Crippen molar-refractivity contribution in [1.82, 2.24) is 15.6 Å². The van der Waals surface area contributed by atoms with Gasteiger partial charge in [-0.1, -0.05) is 29.8 Å². The maximum Gasteiger partial charge on any atom is 0.223 e. The van der Waals surface area contributed by atoms with Gasteiger partial charge in [0.1, 0.15) is 0 Å². The van der Waals surface area contributed by atoms with E-state index in [-0.39, 0.29) is 30.3 Å². The van der Waals surface area contributed by atoms with Crippen LogP contribution in [-0.2, 0) is 11.2 Å². The molecule has 2 heterocycles. The van der Waals surface area contributed by atoms with Gasteiger partial charge in [-0.25, -0.2) is 0 Å². The van der Waals surface area contributed by atoms with E-state index in [2.05, 4.69) is 15.6 Å². The van der Waals surface area contributed by atoms with Crippen molar-refractivity contribution < 1.29 is 4.79 Å². The van der Waals surface area contributed by atoms with Gasteiger partial charge < -0.3 is 10.6 Å². The molecule has 0 aliphatic carbocycles. The van der Waals surface area contributed by atoms with Gasteiger partial charge in [0, 0.05) is 17.1 Å². The first kappa shape index (κ1) is 19.7. The largest absolute Gasteiger partial charge is 0.347 e. The quantitative estimate of drug-likeness (QED) is 0.834. The summed E-state index contributed by atoms with van der Waals surface area (Å²) in [5.74, 6) is 0.212. The van der Waals surface area contributed by atoms with Crippen molar-refractivity contribution in [2.24, 2.45) is 5.92 Å². The van der Waals surface area contributed by atoms with E-state index in [9.17, 15) is 4.79 Å². The summed E-state index contributed by atoms with van der Waals surface area (Å²) < 4.78 is 0. The zero-order valence-electron chi connectivity index (χ0n) is 14.0. The van der Waals surface area contributed by atoms with E-state index in [4.69, 9.17) is 11.6 Å². The third-order valence-corrected chi connectivity index (χ3v) is 4.68. The number of amides is 1. The number of carbonyl (C=O) groups is 1. The van der Waals surface area contributed by atoms with Crippen molar-refractivity contribution in [1.29, 1.82) is 0 Å². The fourth-order valence-electron chi connectivity index (χ4n) is 3.04. The molecule has 6 heteroatoms. The molecule has 2 aromatic rings. The maximum atomic E-state index is 12.6. The second kappa shape index (κ2) is 9.76. The Morgan fingerprint density at radius 3 is 2.56 bits per heavy atom. The Labute approximate surface area is 159 Å². The highest BCUT2D eigenvalue weighted by Gasteiger charge is 2.24. The van der Waals surface area contributed by atoms with Crippen LogP contribution >= 0.6 is 24.0 Å². The highest BCUT2D eigenvalue weighted by molar-refractivity contribution is 6.30. The van der Waals surface area contributed by atoms with E-state index < -0.39 is 0 Å². The molecule has 1 aromatic carbocycles. The minimum atomic E-state index is -0.130. The lowest BCUT2D eigenvalue weighted by molar-refractivity contribution is -0.126. The van der Waals surface area contributed by atoms with Crippen molar-refractivity contribution in [3.63, 3.8) is 0 Å². The number of piperidine rings is 1. The molecule has 25 heavy (non-hydrogen) atoms. The number of benzene rings is 1. The molecule has 1 fully saturated rings. The second-order valence-corrected chi connectivity index (χ2v) is 6.61. The molecule has 1 unspecified atom stereocenters. The summed E-state index contributed by atoms with van der Waals surface area (Å²) in [5, 5.41) is 7.21. The SMILES string of the molecule is Cl.O=C(NC(Cc1ccc(Cl)cc1)c1ccccn1)C1CCNCC1. The number of rotatable bonds is 5. The van der Waals surface area contributed by atoms with E-state index in [1.165, 1.54) is 0 Å². The molecule has 1 atom stereocenters.